The third kappa shape index (κ3) is 3.06. The number of hydrogen-bond acceptors (Lipinski definition) is 3. The average Bonchev–Trinajstić information content (AvgIpc) is 2.22. The molecule has 1 aromatic rings. The Labute approximate surface area is 104 Å². The summed E-state index contributed by atoms with van der Waals surface area (Å²) in [7, 11) is 0. The predicted octanol–water partition coefficient (Wildman–Crippen LogP) is 3.01. The molecule has 1 rings (SSSR count). The van der Waals surface area contributed by atoms with Gasteiger partial charge in [0.2, 0.25) is 5.91 Å². The van der Waals surface area contributed by atoms with Crippen molar-refractivity contribution in [1.29, 1.82) is 0 Å². The first-order valence-corrected chi connectivity index (χ1v) is 5.66. The van der Waals surface area contributed by atoms with Crippen molar-refractivity contribution in [1.82, 2.24) is 9.97 Å². The molecule has 0 spiro atoms. The van der Waals surface area contributed by atoms with Crippen molar-refractivity contribution in [3.8, 4) is 0 Å². The lowest BCUT2D eigenvalue weighted by molar-refractivity contribution is -0.120. The molecule has 0 aromatic carbocycles. The summed E-state index contributed by atoms with van der Waals surface area (Å²) >= 11 is 11.6. The summed E-state index contributed by atoms with van der Waals surface area (Å²) in [6, 6.07) is 0. The highest BCUT2D eigenvalue weighted by atomic mass is 35.5. The lowest BCUT2D eigenvalue weighted by Crippen LogP contribution is -2.24. The highest BCUT2D eigenvalue weighted by Crippen LogP contribution is 2.26. The van der Waals surface area contributed by atoms with E-state index < -0.39 is 0 Å². The molecular weight excluding hydrogens is 249 g/mol. The van der Waals surface area contributed by atoms with Crippen molar-refractivity contribution in [2.24, 2.45) is 11.8 Å². The highest BCUT2D eigenvalue weighted by molar-refractivity contribution is 6.38. The number of rotatable bonds is 3. The number of carbonyl (C=O) groups excluding carboxylic acids is 1. The first-order valence-electron chi connectivity index (χ1n) is 4.90. The van der Waals surface area contributed by atoms with E-state index in [-0.39, 0.29) is 33.7 Å². The fourth-order valence-electron chi connectivity index (χ4n) is 0.987. The monoisotopic (exact) mass is 261 g/mol. The second kappa shape index (κ2) is 5.46. The van der Waals surface area contributed by atoms with Crippen molar-refractivity contribution in [3.63, 3.8) is 0 Å². The third-order valence-corrected chi connectivity index (χ3v) is 2.99. The van der Waals surface area contributed by atoms with Crippen LogP contribution in [0.25, 0.3) is 0 Å². The number of amides is 1. The van der Waals surface area contributed by atoms with Crippen LogP contribution in [-0.4, -0.2) is 15.9 Å². The van der Waals surface area contributed by atoms with Gasteiger partial charge in [-0.05, 0) is 5.92 Å². The summed E-state index contributed by atoms with van der Waals surface area (Å²) in [5.74, 6) is -0.0388. The molecule has 4 nitrogen and oxygen atoms in total. The summed E-state index contributed by atoms with van der Waals surface area (Å²) in [6.45, 7) is 5.77. The fraction of sp³-hybridized carbons (Fsp3) is 0.500. The molecule has 0 radical (unpaired) electrons. The smallest absolute Gasteiger partial charge is 0.227 e. The Hall–Kier alpha value is -0.870. The van der Waals surface area contributed by atoms with E-state index in [1.54, 1.807) is 0 Å². The minimum Gasteiger partial charge on any atom is -0.321 e. The van der Waals surface area contributed by atoms with Crippen LogP contribution in [0.4, 0.5) is 5.69 Å². The predicted molar refractivity (Wildman–Crippen MR) is 64.7 cm³/mol. The summed E-state index contributed by atoms with van der Waals surface area (Å²) in [5.41, 5.74) is 0.267. The van der Waals surface area contributed by atoms with Crippen molar-refractivity contribution in [3.05, 3.63) is 16.6 Å². The van der Waals surface area contributed by atoms with Gasteiger partial charge in [0, 0.05) is 5.92 Å². The molecule has 88 valence electrons. The Bertz CT molecular complexity index is 375. The summed E-state index contributed by atoms with van der Waals surface area (Å²) < 4.78 is 0. The van der Waals surface area contributed by atoms with E-state index in [9.17, 15) is 4.79 Å². The molecule has 0 bridgehead atoms. The molecule has 0 aliphatic rings. The summed E-state index contributed by atoms with van der Waals surface area (Å²) in [4.78, 5) is 19.3. The lowest BCUT2D eigenvalue weighted by Gasteiger charge is -2.15. The molecule has 16 heavy (non-hydrogen) atoms. The van der Waals surface area contributed by atoms with E-state index in [1.807, 2.05) is 20.8 Å². The number of anilines is 1. The molecule has 1 heterocycles. The van der Waals surface area contributed by atoms with Gasteiger partial charge < -0.3 is 5.32 Å². The molecule has 1 unspecified atom stereocenters. The van der Waals surface area contributed by atoms with Crippen LogP contribution in [0.1, 0.15) is 20.8 Å². The maximum atomic E-state index is 11.8. The summed E-state index contributed by atoms with van der Waals surface area (Å²) in [5, 5.41) is 2.92. The van der Waals surface area contributed by atoms with E-state index in [0.29, 0.717) is 0 Å². The van der Waals surface area contributed by atoms with Crippen LogP contribution in [0, 0.1) is 11.8 Å². The number of halogens is 2. The van der Waals surface area contributed by atoms with E-state index in [4.69, 9.17) is 23.2 Å². The van der Waals surface area contributed by atoms with Crippen LogP contribution < -0.4 is 5.32 Å². The highest BCUT2D eigenvalue weighted by Gasteiger charge is 2.19. The van der Waals surface area contributed by atoms with Gasteiger partial charge in [-0.1, -0.05) is 44.0 Å². The van der Waals surface area contributed by atoms with Crippen LogP contribution in [0.2, 0.25) is 10.3 Å². The van der Waals surface area contributed by atoms with Gasteiger partial charge >= 0.3 is 0 Å². The third-order valence-electron chi connectivity index (χ3n) is 2.42. The topological polar surface area (TPSA) is 54.9 Å². The van der Waals surface area contributed by atoms with Crippen molar-refractivity contribution in [2.75, 3.05) is 5.32 Å². The molecule has 0 aliphatic carbocycles. The largest absolute Gasteiger partial charge is 0.321 e. The second-order valence-corrected chi connectivity index (χ2v) is 4.57. The van der Waals surface area contributed by atoms with Gasteiger partial charge in [-0.3, -0.25) is 4.79 Å². The Morgan fingerprint density at radius 3 is 2.19 bits per heavy atom. The number of aromatic nitrogens is 2. The Kier molecular flexibility index (Phi) is 4.50. The number of nitrogens with zero attached hydrogens (tertiary/aromatic N) is 2. The molecule has 1 aromatic heterocycles. The fourth-order valence-corrected chi connectivity index (χ4v) is 1.40. The molecule has 0 saturated carbocycles. The Balaban J connectivity index is 2.85. The van der Waals surface area contributed by atoms with Gasteiger partial charge in [-0.15, -0.1) is 0 Å². The van der Waals surface area contributed by atoms with E-state index in [2.05, 4.69) is 15.3 Å². The average molecular weight is 262 g/mol. The van der Waals surface area contributed by atoms with Crippen LogP contribution in [-0.2, 0) is 4.79 Å². The number of nitrogens with one attached hydrogen (secondary N) is 1. The number of hydrogen-bond donors (Lipinski definition) is 1. The SMILES string of the molecule is CC(C)C(C)C(=O)Nc1c(Cl)ncnc1Cl. The zero-order valence-corrected chi connectivity index (χ0v) is 10.8. The first kappa shape index (κ1) is 13.2. The molecule has 0 saturated heterocycles. The van der Waals surface area contributed by atoms with Crippen LogP contribution >= 0.6 is 23.2 Å². The van der Waals surface area contributed by atoms with Gasteiger partial charge in [0.25, 0.3) is 0 Å². The van der Waals surface area contributed by atoms with Gasteiger partial charge in [0.05, 0.1) is 0 Å². The number of carbonyl (C=O) groups is 1. The Morgan fingerprint density at radius 1 is 1.25 bits per heavy atom. The van der Waals surface area contributed by atoms with Gasteiger partial charge in [-0.25, -0.2) is 9.97 Å². The van der Waals surface area contributed by atoms with Crippen molar-refractivity contribution in [2.45, 2.75) is 20.8 Å². The zero-order valence-electron chi connectivity index (χ0n) is 9.29. The first-order chi connectivity index (χ1) is 7.43. The quantitative estimate of drug-likeness (QED) is 0.852. The van der Waals surface area contributed by atoms with Crippen molar-refractivity contribution < 1.29 is 4.79 Å². The standard InChI is InChI=1S/C10H13Cl2N3O/c1-5(2)6(3)10(16)15-7-8(11)13-4-14-9(7)12/h4-6H,1-3H3,(H,15,16). The lowest BCUT2D eigenvalue weighted by atomic mass is 9.97. The Morgan fingerprint density at radius 2 is 1.75 bits per heavy atom. The van der Waals surface area contributed by atoms with Gasteiger partial charge in [0.1, 0.15) is 12.0 Å². The molecule has 6 heteroatoms. The van der Waals surface area contributed by atoms with Crippen LogP contribution in [0.5, 0.6) is 0 Å². The second-order valence-electron chi connectivity index (χ2n) is 3.85. The minimum atomic E-state index is -0.145. The van der Waals surface area contributed by atoms with Crippen LogP contribution in [0.15, 0.2) is 6.33 Å². The maximum absolute atomic E-state index is 11.8. The van der Waals surface area contributed by atoms with E-state index in [1.165, 1.54) is 6.33 Å². The van der Waals surface area contributed by atoms with E-state index >= 15 is 0 Å². The molecule has 0 aliphatic heterocycles. The molecule has 0 fully saturated rings. The molecule has 1 atom stereocenters. The molecule has 1 amide bonds. The van der Waals surface area contributed by atoms with E-state index in [0.717, 1.165) is 0 Å². The van der Waals surface area contributed by atoms with Gasteiger partial charge in [-0.2, -0.15) is 0 Å². The molecular formula is C10H13Cl2N3O. The zero-order chi connectivity index (χ0) is 12.3. The minimum absolute atomic E-state index is 0.132. The summed E-state index contributed by atoms with van der Waals surface area (Å²) in [6.07, 6.45) is 1.24. The van der Waals surface area contributed by atoms with Gasteiger partial charge in [0.15, 0.2) is 10.3 Å². The van der Waals surface area contributed by atoms with Crippen LogP contribution in [0.3, 0.4) is 0 Å². The maximum Gasteiger partial charge on any atom is 0.227 e. The molecule has 1 N–H and O–H groups in total. The van der Waals surface area contributed by atoms with Crippen molar-refractivity contribution >= 4 is 34.8 Å². The normalized spacial score (nSPS) is 12.6.